The van der Waals surface area contributed by atoms with E-state index in [4.69, 9.17) is 4.74 Å². The van der Waals surface area contributed by atoms with E-state index in [1.807, 2.05) is 0 Å². The van der Waals surface area contributed by atoms with Crippen LogP contribution < -0.4 is 0 Å². The molecule has 1 fully saturated rings. The van der Waals surface area contributed by atoms with Crippen LogP contribution in [0.5, 0.6) is 0 Å². The highest BCUT2D eigenvalue weighted by atomic mass is 19.2. The van der Waals surface area contributed by atoms with Crippen LogP contribution in [-0.4, -0.2) is 25.0 Å². The largest absolute Gasteiger partial charge is 0.462 e. The van der Waals surface area contributed by atoms with Gasteiger partial charge in [-0.2, -0.15) is 0 Å². The summed E-state index contributed by atoms with van der Waals surface area (Å²) in [5, 5.41) is 0. The van der Waals surface area contributed by atoms with Crippen LogP contribution in [0.3, 0.4) is 0 Å². The van der Waals surface area contributed by atoms with Crippen LogP contribution in [-0.2, 0) is 14.3 Å². The minimum absolute atomic E-state index is 0.0438. The van der Waals surface area contributed by atoms with Gasteiger partial charge in [0.15, 0.2) is 0 Å². The predicted octanol–water partition coefficient (Wildman–Crippen LogP) is 1.58. The van der Waals surface area contributed by atoms with Gasteiger partial charge in [-0.1, -0.05) is 6.58 Å². The second-order valence-corrected chi connectivity index (χ2v) is 3.15. The zero-order chi connectivity index (χ0) is 9.90. The van der Waals surface area contributed by atoms with E-state index in [0.717, 1.165) is 0 Å². The molecule has 1 heterocycles. The van der Waals surface area contributed by atoms with Crippen LogP contribution in [0.25, 0.3) is 0 Å². The zero-order valence-electron chi connectivity index (χ0n) is 7.64. The molecule has 0 radical (unpaired) electrons. The summed E-state index contributed by atoms with van der Waals surface area (Å²) >= 11 is 0. The maximum atomic E-state index is 13.1. The number of carbonyl (C=O) groups is 1. The third kappa shape index (κ3) is 2.81. The molecule has 1 atom stereocenters. The lowest BCUT2D eigenvalue weighted by Gasteiger charge is -2.33. The smallest absolute Gasteiger partial charge is 0.333 e. The lowest BCUT2D eigenvalue weighted by atomic mass is 10.1. The summed E-state index contributed by atoms with van der Waals surface area (Å²) in [6.07, 6.45) is 0.490. The number of ether oxygens (including phenoxy) is 2. The Hall–Kier alpha value is -0.900. The summed E-state index contributed by atoms with van der Waals surface area (Å²) in [7, 11) is 0. The van der Waals surface area contributed by atoms with Crippen molar-refractivity contribution >= 4 is 5.97 Å². The summed E-state index contributed by atoms with van der Waals surface area (Å²) in [6.45, 7) is 5.45. The normalized spacial score (nSPS) is 26.3. The van der Waals surface area contributed by atoms with Gasteiger partial charge in [-0.05, 0) is 6.92 Å². The van der Waals surface area contributed by atoms with Crippen LogP contribution >= 0.6 is 0 Å². The van der Waals surface area contributed by atoms with Crippen LogP contribution in [0.1, 0.15) is 19.8 Å². The molecule has 1 saturated heterocycles. The van der Waals surface area contributed by atoms with Crippen molar-refractivity contribution in [3.63, 3.8) is 0 Å². The van der Waals surface area contributed by atoms with Gasteiger partial charge in [-0.3, -0.25) is 0 Å². The lowest BCUT2D eigenvalue weighted by molar-refractivity contribution is -0.240. The lowest BCUT2D eigenvalue weighted by Crippen LogP contribution is -2.40. The van der Waals surface area contributed by atoms with Crippen molar-refractivity contribution in [1.29, 1.82) is 0 Å². The van der Waals surface area contributed by atoms with Crippen molar-refractivity contribution in [1.82, 2.24) is 0 Å². The molecular formula is C9H13FO3. The van der Waals surface area contributed by atoms with Gasteiger partial charge in [-0.15, -0.1) is 0 Å². The molecule has 0 spiro atoms. The molecule has 1 aliphatic rings. The maximum Gasteiger partial charge on any atom is 0.333 e. The predicted molar refractivity (Wildman–Crippen MR) is 44.8 cm³/mol. The molecule has 0 bridgehead atoms. The number of halogens is 1. The first-order valence-electron chi connectivity index (χ1n) is 4.19. The van der Waals surface area contributed by atoms with Gasteiger partial charge in [-0.25, -0.2) is 9.18 Å². The van der Waals surface area contributed by atoms with E-state index in [-0.39, 0.29) is 13.0 Å². The van der Waals surface area contributed by atoms with E-state index in [9.17, 15) is 9.18 Å². The fourth-order valence-electron chi connectivity index (χ4n) is 0.940. The van der Waals surface area contributed by atoms with E-state index in [1.54, 1.807) is 6.92 Å². The van der Waals surface area contributed by atoms with E-state index < -0.39 is 11.8 Å². The number of rotatable bonds is 4. The summed E-state index contributed by atoms with van der Waals surface area (Å²) in [5.74, 6) is -2.04. The molecule has 74 valence electrons. The van der Waals surface area contributed by atoms with Gasteiger partial charge in [0, 0.05) is 18.4 Å². The fraction of sp³-hybridized carbons (Fsp3) is 0.667. The summed E-state index contributed by atoms with van der Waals surface area (Å²) in [5.41, 5.74) is 0.322. The molecule has 0 aliphatic carbocycles. The molecule has 0 aromatic rings. The second kappa shape index (κ2) is 3.87. The number of hydrogen-bond donors (Lipinski definition) is 0. The minimum Gasteiger partial charge on any atom is -0.462 e. The van der Waals surface area contributed by atoms with Crippen molar-refractivity contribution in [3.05, 3.63) is 12.2 Å². The van der Waals surface area contributed by atoms with E-state index in [2.05, 4.69) is 11.3 Å². The van der Waals surface area contributed by atoms with Crippen molar-refractivity contribution < 1.29 is 18.7 Å². The summed E-state index contributed by atoms with van der Waals surface area (Å²) < 4.78 is 22.5. The number of hydrogen-bond acceptors (Lipinski definition) is 3. The minimum atomic E-state index is -1.56. The molecule has 0 aromatic heterocycles. The molecule has 0 aromatic carbocycles. The molecular weight excluding hydrogens is 175 g/mol. The Labute approximate surface area is 76.5 Å². The standard InChI is InChI=1S/C9H13FO3/c1-7(2)8(11)12-5-3-9(10)4-6-13-9/h1,3-6H2,2H3. The van der Waals surface area contributed by atoms with Gasteiger partial charge in [0.25, 0.3) is 0 Å². The Kier molecular flexibility index (Phi) is 3.03. The first-order chi connectivity index (χ1) is 6.03. The quantitative estimate of drug-likeness (QED) is 0.496. The van der Waals surface area contributed by atoms with E-state index in [0.29, 0.717) is 18.6 Å². The highest BCUT2D eigenvalue weighted by Gasteiger charge is 2.38. The van der Waals surface area contributed by atoms with Crippen LogP contribution in [0.2, 0.25) is 0 Å². The topological polar surface area (TPSA) is 35.5 Å². The van der Waals surface area contributed by atoms with Crippen LogP contribution in [0.15, 0.2) is 12.2 Å². The zero-order valence-corrected chi connectivity index (χ0v) is 7.64. The van der Waals surface area contributed by atoms with Crippen molar-refractivity contribution in [2.45, 2.75) is 25.6 Å². The van der Waals surface area contributed by atoms with Crippen molar-refractivity contribution in [2.24, 2.45) is 0 Å². The Morgan fingerprint density at radius 2 is 2.38 bits per heavy atom. The van der Waals surface area contributed by atoms with Gasteiger partial charge in [0.05, 0.1) is 13.2 Å². The number of alkyl halides is 1. The Morgan fingerprint density at radius 1 is 1.77 bits per heavy atom. The summed E-state index contributed by atoms with van der Waals surface area (Å²) in [6, 6.07) is 0. The first-order valence-corrected chi connectivity index (χ1v) is 4.19. The van der Waals surface area contributed by atoms with Gasteiger partial charge < -0.3 is 9.47 Å². The monoisotopic (exact) mass is 188 g/mol. The highest BCUT2D eigenvalue weighted by molar-refractivity contribution is 5.86. The van der Waals surface area contributed by atoms with Crippen molar-refractivity contribution in [3.8, 4) is 0 Å². The average molecular weight is 188 g/mol. The molecule has 13 heavy (non-hydrogen) atoms. The third-order valence-electron chi connectivity index (χ3n) is 1.89. The third-order valence-corrected chi connectivity index (χ3v) is 1.89. The number of esters is 1. The molecule has 1 unspecified atom stereocenters. The molecule has 1 aliphatic heterocycles. The first kappa shape index (κ1) is 10.2. The van der Waals surface area contributed by atoms with Crippen LogP contribution in [0, 0.1) is 0 Å². The number of carbonyl (C=O) groups excluding carboxylic acids is 1. The van der Waals surface area contributed by atoms with Gasteiger partial charge in [0.2, 0.25) is 5.85 Å². The SMILES string of the molecule is C=C(C)C(=O)OCCC1(F)CCO1. The molecule has 4 heteroatoms. The summed E-state index contributed by atoms with van der Waals surface area (Å²) in [4.78, 5) is 10.8. The second-order valence-electron chi connectivity index (χ2n) is 3.15. The Balaban J connectivity index is 2.13. The fourth-order valence-corrected chi connectivity index (χ4v) is 0.940. The Morgan fingerprint density at radius 3 is 2.77 bits per heavy atom. The van der Waals surface area contributed by atoms with Crippen molar-refractivity contribution in [2.75, 3.05) is 13.2 Å². The molecule has 0 amide bonds. The molecule has 3 nitrogen and oxygen atoms in total. The highest BCUT2D eigenvalue weighted by Crippen LogP contribution is 2.31. The maximum absolute atomic E-state index is 13.1. The molecule has 1 rings (SSSR count). The molecule has 0 saturated carbocycles. The van der Waals surface area contributed by atoms with E-state index in [1.165, 1.54) is 0 Å². The van der Waals surface area contributed by atoms with E-state index >= 15 is 0 Å². The van der Waals surface area contributed by atoms with Gasteiger partial charge in [0.1, 0.15) is 0 Å². The molecule has 0 N–H and O–H groups in total. The average Bonchev–Trinajstić information content (AvgIpc) is 2.01. The Bertz CT molecular complexity index is 221. The van der Waals surface area contributed by atoms with Gasteiger partial charge >= 0.3 is 5.97 Å². The van der Waals surface area contributed by atoms with Crippen LogP contribution in [0.4, 0.5) is 4.39 Å².